The van der Waals surface area contributed by atoms with Gasteiger partial charge in [0, 0.05) is 18.8 Å². The van der Waals surface area contributed by atoms with Crippen LogP contribution in [0.15, 0.2) is 24.3 Å². The van der Waals surface area contributed by atoms with Crippen LogP contribution in [-0.4, -0.2) is 18.8 Å². The fraction of sp³-hybridized carbons (Fsp3) is 0.571. The van der Waals surface area contributed by atoms with Crippen LogP contribution in [0.1, 0.15) is 31.2 Å². The van der Waals surface area contributed by atoms with Gasteiger partial charge in [-0.15, -0.1) is 0 Å². The van der Waals surface area contributed by atoms with Crippen molar-refractivity contribution in [2.45, 2.75) is 32.1 Å². The average Bonchev–Trinajstić information content (AvgIpc) is 2.52. The number of aryl methyl sites for hydroxylation is 1. The molecule has 0 fully saturated rings. The van der Waals surface area contributed by atoms with Gasteiger partial charge in [-0.05, 0) is 49.5 Å². The summed E-state index contributed by atoms with van der Waals surface area (Å²) in [5.41, 5.74) is 3.00. The van der Waals surface area contributed by atoms with Crippen molar-refractivity contribution in [1.82, 2.24) is 0 Å². The van der Waals surface area contributed by atoms with Crippen molar-refractivity contribution in [2.24, 2.45) is 0 Å². The molecule has 0 bridgehead atoms. The molecular weight excluding hydrogens is 214 g/mol. The Morgan fingerprint density at radius 1 is 1.12 bits per heavy atom. The predicted molar refractivity (Wildman–Crippen MR) is 74.7 cm³/mol. The minimum absolute atomic E-state index is 1.01. The number of nitrogens with zero attached hydrogens (tertiary/aromatic N) is 1. The molecule has 0 spiro atoms. The molecule has 16 heavy (non-hydrogen) atoms. The number of rotatable bonds is 4. The summed E-state index contributed by atoms with van der Waals surface area (Å²) in [5.74, 6) is 1.01. The fourth-order valence-electron chi connectivity index (χ4n) is 2.42. The van der Waals surface area contributed by atoms with E-state index >= 15 is 0 Å². The van der Waals surface area contributed by atoms with Crippen LogP contribution in [0.25, 0.3) is 0 Å². The molecule has 1 heterocycles. The van der Waals surface area contributed by atoms with E-state index in [1.165, 1.54) is 56.4 Å². The quantitative estimate of drug-likeness (QED) is 0.617. The molecule has 2 rings (SSSR count). The summed E-state index contributed by atoms with van der Waals surface area (Å²) in [5, 5.41) is 0. The van der Waals surface area contributed by atoms with E-state index in [4.69, 9.17) is 0 Å². The second-order valence-electron chi connectivity index (χ2n) is 4.50. The Hall–Kier alpha value is -0.630. The molecule has 0 radical (unpaired) electrons. The zero-order valence-electron chi connectivity index (χ0n) is 9.86. The molecule has 2 heteroatoms. The van der Waals surface area contributed by atoms with Crippen molar-refractivity contribution in [3.8, 4) is 0 Å². The first kappa shape index (κ1) is 11.8. The summed E-state index contributed by atoms with van der Waals surface area (Å²) in [6, 6.07) is 8.89. The predicted octanol–water partition coefficient (Wildman–Crippen LogP) is 3.54. The van der Waals surface area contributed by atoms with Gasteiger partial charge in [-0.25, -0.2) is 0 Å². The first-order valence-corrected chi connectivity index (χ1v) is 6.99. The third-order valence-corrected chi connectivity index (χ3v) is 3.61. The molecular formula is C14H21NS. The number of hydrogen-bond donors (Lipinski definition) is 1. The Morgan fingerprint density at radius 3 is 2.88 bits per heavy atom. The largest absolute Gasteiger partial charge is 0.371 e. The molecule has 1 aromatic rings. The summed E-state index contributed by atoms with van der Waals surface area (Å²) in [4.78, 5) is 2.56. The van der Waals surface area contributed by atoms with Crippen molar-refractivity contribution in [1.29, 1.82) is 0 Å². The summed E-state index contributed by atoms with van der Waals surface area (Å²) < 4.78 is 0. The van der Waals surface area contributed by atoms with Crippen LogP contribution in [0.5, 0.6) is 0 Å². The minimum Gasteiger partial charge on any atom is -0.371 e. The number of anilines is 1. The highest BCUT2D eigenvalue weighted by Crippen LogP contribution is 2.26. The van der Waals surface area contributed by atoms with Crippen LogP contribution in [0.3, 0.4) is 0 Å². The third kappa shape index (κ3) is 2.94. The van der Waals surface area contributed by atoms with E-state index in [1.807, 2.05) is 0 Å². The van der Waals surface area contributed by atoms with E-state index in [2.05, 4.69) is 41.8 Å². The zero-order valence-corrected chi connectivity index (χ0v) is 10.8. The van der Waals surface area contributed by atoms with E-state index < -0.39 is 0 Å². The molecule has 1 aliphatic rings. The SMILES string of the molecule is SCCCCN1CCCCc2ccccc21. The molecule has 0 aliphatic carbocycles. The van der Waals surface area contributed by atoms with Crippen molar-refractivity contribution in [2.75, 3.05) is 23.7 Å². The molecule has 1 nitrogen and oxygen atoms in total. The summed E-state index contributed by atoms with van der Waals surface area (Å²) >= 11 is 4.28. The lowest BCUT2D eigenvalue weighted by Crippen LogP contribution is -2.25. The summed E-state index contributed by atoms with van der Waals surface area (Å²) in [7, 11) is 0. The highest BCUT2D eigenvalue weighted by atomic mass is 32.1. The van der Waals surface area contributed by atoms with Gasteiger partial charge < -0.3 is 4.90 Å². The average molecular weight is 235 g/mol. The fourth-order valence-corrected chi connectivity index (χ4v) is 2.64. The van der Waals surface area contributed by atoms with Gasteiger partial charge in [0.05, 0.1) is 0 Å². The minimum atomic E-state index is 1.01. The lowest BCUT2D eigenvalue weighted by Gasteiger charge is -2.24. The van der Waals surface area contributed by atoms with E-state index in [-0.39, 0.29) is 0 Å². The smallest absolute Gasteiger partial charge is 0.0398 e. The second kappa shape index (κ2) is 6.19. The number of thiol groups is 1. The van der Waals surface area contributed by atoms with E-state index in [0.29, 0.717) is 0 Å². The molecule has 0 N–H and O–H groups in total. The highest BCUT2D eigenvalue weighted by Gasteiger charge is 2.13. The molecule has 0 amide bonds. The van der Waals surface area contributed by atoms with Crippen molar-refractivity contribution >= 4 is 18.3 Å². The second-order valence-corrected chi connectivity index (χ2v) is 4.95. The van der Waals surface area contributed by atoms with Gasteiger partial charge in [0.1, 0.15) is 0 Å². The molecule has 0 saturated carbocycles. The highest BCUT2D eigenvalue weighted by molar-refractivity contribution is 7.80. The maximum absolute atomic E-state index is 4.28. The Morgan fingerprint density at radius 2 is 2.00 bits per heavy atom. The van der Waals surface area contributed by atoms with Crippen LogP contribution in [0.4, 0.5) is 5.69 Å². The maximum atomic E-state index is 4.28. The van der Waals surface area contributed by atoms with Crippen LogP contribution in [0.2, 0.25) is 0 Å². The third-order valence-electron chi connectivity index (χ3n) is 3.29. The summed E-state index contributed by atoms with van der Waals surface area (Å²) in [6.07, 6.45) is 6.40. The maximum Gasteiger partial charge on any atom is 0.0398 e. The molecule has 1 aliphatic heterocycles. The number of fused-ring (bicyclic) bond motifs is 1. The van der Waals surface area contributed by atoms with Gasteiger partial charge in [-0.3, -0.25) is 0 Å². The number of para-hydroxylation sites is 1. The first-order chi connectivity index (χ1) is 7.92. The van der Waals surface area contributed by atoms with Gasteiger partial charge in [0.2, 0.25) is 0 Å². The number of hydrogen-bond acceptors (Lipinski definition) is 2. The standard InChI is InChI=1S/C14H21NS/c16-12-6-5-11-15-10-4-3-8-13-7-1-2-9-14(13)15/h1-2,7,9,16H,3-6,8,10-12H2. The number of unbranched alkanes of at least 4 members (excludes halogenated alkanes) is 1. The van der Waals surface area contributed by atoms with E-state index in [0.717, 1.165) is 5.75 Å². The Balaban J connectivity index is 2.06. The van der Waals surface area contributed by atoms with Crippen molar-refractivity contribution in [3.63, 3.8) is 0 Å². The molecule has 0 aromatic heterocycles. The van der Waals surface area contributed by atoms with Gasteiger partial charge in [-0.1, -0.05) is 18.2 Å². The monoisotopic (exact) mass is 235 g/mol. The molecule has 1 aromatic carbocycles. The van der Waals surface area contributed by atoms with Crippen LogP contribution in [0, 0.1) is 0 Å². The summed E-state index contributed by atoms with van der Waals surface area (Å²) in [6.45, 7) is 2.42. The molecule has 0 atom stereocenters. The lowest BCUT2D eigenvalue weighted by atomic mass is 10.1. The van der Waals surface area contributed by atoms with Crippen molar-refractivity contribution in [3.05, 3.63) is 29.8 Å². The first-order valence-electron chi connectivity index (χ1n) is 6.35. The lowest BCUT2D eigenvalue weighted by molar-refractivity contribution is 0.684. The van der Waals surface area contributed by atoms with Gasteiger partial charge in [0.15, 0.2) is 0 Å². The number of benzene rings is 1. The van der Waals surface area contributed by atoms with Crippen LogP contribution < -0.4 is 4.90 Å². The Bertz CT molecular complexity index is 324. The van der Waals surface area contributed by atoms with Crippen LogP contribution >= 0.6 is 12.6 Å². The molecule has 88 valence electrons. The van der Waals surface area contributed by atoms with Crippen molar-refractivity contribution < 1.29 is 0 Å². The zero-order chi connectivity index (χ0) is 11.2. The van der Waals surface area contributed by atoms with E-state index in [1.54, 1.807) is 0 Å². The van der Waals surface area contributed by atoms with Gasteiger partial charge in [0.25, 0.3) is 0 Å². The molecule has 0 unspecified atom stereocenters. The van der Waals surface area contributed by atoms with Crippen LogP contribution in [-0.2, 0) is 6.42 Å². The van der Waals surface area contributed by atoms with Gasteiger partial charge >= 0.3 is 0 Å². The Kier molecular flexibility index (Phi) is 4.58. The normalized spacial score (nSPS) is 15.7. The topological polar surface area (TPSA) is 3.24 Å². The van der Waals surface area contributed by atoms with E-state index in [9.17, 15) is 0 Å². The molecule has 0 saturated heterocycles. The van der Waals surface area contributed by atoms with Gasteiger partial charge in [-0.2, -0.15) is 12.6 Å². The Labute approximate surface area is 104 Å².